The molecule has 0 radical (unpaired) electrons. The van der Waals surface area contributed by atoms with E-state index in [4.69, 9.17) is 95.7 Å². The molecule has 0 saturated carbocycles. The second-order valence-electron chi connectivity index (χ2n) is 10.6. The molecule has 18 N–H and O–H groups in total. The quantitative estimate of drug-likeness (QED) is 0.0339. The first-order valence-electron chi connectivity index (χ1n) is 17.3. The number of carbonyl (C=O) groups excluding carboxylic acids is 4. The van der Waals surface area contributed by atoms with Crippen LogP contribution in [0.25, 0.3) is 10.8 Å². The van der Waals surface area contributed by atoms with E-state index in [9.17, 15) is 46.2 Å². The second kappa shape index (κ2) is 44.8. The molecule has 34 heteroatoms. The van der Waals surface area contributed by atoms with Crippen molar-refractivity contribution >= 4 is 66.3 Å². The first-order valence-corrected chi connectivity index (χ1v) is 20.1. The summed E-state index contributed by atoms with van der Waals surface area (Å²) in [5.41, 5.74) is 39.2. The molecule has 4 rings (SSSR count). The molecule has 0 aliphatic rings. The standard InChI is InChI=1S/C10H8O6S2.2C6H5NO3.4C2H8N2.2C2H2O4.2Co/c11-17(12,13)9-3-1-7-5-10(18(14,15)16)4-2-8(7)6-9;2*8-6-3-1-5(2-4-6)7(9)10;4*3-1-2-4;2*3-1(4)2(5)6;;/h1-6H,(H,11,12,13)(H,14,15,16);2*1-4,8H;4*1-4H2;2*(H,3,4)(H,5,6);;/q;;;;;;;;;2*+3/p-6. The van der Waals surface area contributed by atoms with Crippen molar-refractivity contribution in [3.05, 3.63) is 105 Å². The van der Waals surface area contributed by atoms with Crippen LogP contribution in [0.4, 0.5) is 11.4 Å². The molecule has 0 aromatic heterocycles. The Labute approximate surface area is 408 Å². The Balaban J connectivity index is -0.000000131. The maximum atomic E-state index is 10.8. The van der Waals surface area contributed by atoms with Gasteiger partial charge in [0.15, 0.2) is 0 Å². The van der Waals surface area contributed by atoms with Gasteiger partial charge in [-0.25, -0.2) is 16.8 Å². The van der Waals surface area contributed by atoms with E-state index in [1.54, 1.807) is 0 Å². The van der Waals surface area contributed by atoms with Gasteiger partial charge >= 0.3 is 33.6 Å². The molecule has 4 aromatic carbocycles. The number of benzene rings is 4. The Morgan fingerprint density at radius 1 is 0.426 bits per heavy atom. The van der Waals surface area contributed by atoms with Gasteiger partial charge in [-0.15, -0.1) is 0 Å². The van der Waals surface area contributed by atoms with E-state index in [0.29, 0.717) is 63.1 Å². The van der Waals surface area contributed by atoms with Crippen LogP contribution in [0.5, 0.6) is 11.5 Å². The third-order valence-corrected chi connectivity index (χ3v) is 7.14. The number of carbonyl (C=O) groups is 4. The molecule has 0 fully saturated rings. The number of hydrogen-bond acceptors (Lipinski definition) is 28. The molecule has 4 aromatic rings. The molecule has 68 heavy (non-hydrogen) atoms. The molecular weight excluding hydrogens is 1050 g/mol. The molecule has 384 valence electrons. The number of phenolic OH excluding ortho intramolecular Hbond substituents is 2. The smallest absolute Gasteiger partial charge is 0.744 e. The zero-order valence-corrected chi connectivity index (χ0v) is 38.7. The van der Waals surface area contributed by atoms with Gasteiger partial charge in [-0.1, -0.05) is 12.1 Å². The summed E-state index contributed by atoms with van der Waals surface area (Å²) in [7, 11) is -9.13. The maximum Gasteiger partial charge on any atom is 3.00 e. The minimum atomic E-state index is -4.56. The zero-order valence-electron chi connectivity index (χ0n) is 35.0. The number of carboxylic acid groups (broad SMARTS) is 4. The SMILES string of the molecule is NCCN.NCCN.NCCN.NCCN.O=C([O-])C(=O)[O-].O=C([O-])C(=O)[O-].O=S(=O)([O-])c1ccc2cc(S(=O)(=O)[O-])ccc2c1.O=[N+]([O-])c1ccc(O)cc1.O=[N+]([O-])c1ccc(O)cc1.[Co+3].[Co+3]. The number of fused-ring (bicyclic) bond motifs is 1. The Morgan fingerprint density at radius 2 is 0.618 bits per heavy atom. The summed E-state index contributed by atoms with van der Waals surface area (Å²) in [5, 5.41) is 73.9. The topological polar surface area (TPSA) is 610 Å². The third-order valence-electron chi connectivity index (χ3n) is 5.48. The Kier molecular flexibility index (Phi) is 50.2. The molecule has 0 saturated heterocycles. The third kappa shape index (κ3) is 45.1. The number of non-ortho nitro benzene ring substituents is 2. The van der Waals surface area contributed by atoms with E-state index in [-0.39, 0.29) is 56.4 Å². The predicted molar refractivity (Wildman–Crippen MR) is 222 cm³/mol. The summed E-state index contributed by atoms with van der Waals surface area (Å²) in [6.07, 6.45) is 0. The fourth-order valence-corrected chi connectivity index (χ4v) is 3.67. The average molecular weight is 1100 g/mol. The van der Waals surface area contributed by atoms with Crippen molar-refractivity contribution in [2.24, 2.45) is 45.9 Å². The fourth-order valence-electron chi connectivity index (χ4n) is 2.66. The van der Waals surface area contributed by atoms with Gasteiger partial charge < -0.3 is 105 Å². The predicted octanol–water partition coefficient (Wildman–Crippen LogP) is -8.17. The van der Waals surface area contributed by atoms with E-state index in [1.807, 2.05) is 0 Å². The van der Waals surface area contributed by atoms with Crippen LogP contribution in [0, 0.1) is 20.2 Å². The molecular formula is C34H48Co2N10O20S2. The number of aliphatic carboxylic acids is 4. The summed E-state index contributed by atoms with van der Waals surface area (Å²) < 4.78 is 64.8. The Morgan fingerprint density at radius 3 is 0.750 bits per heavy atom. The second-order valence-corrected chi connectivity index (χ2v) is 13.3. The number of rotatable bonds is 8. The number of aromatic hydroxyl groups is 2. The van der Waals surface area contributed by atoms with Crippen molar-refractivity contribution in [1.29, 1.82) is 0 Å². The molecule has 0 spiro atoms. The van der Waals surface area contributed by atoms with Gasteiger partial charge in [0.05, 0.1) is 43.5 Å². The molecule has 0 bridgehead atoms. The van der Waals surface area contributed by atoms with Crippen LogP contribution in [0.15, 0.2) is 94.7 Å². The largest absolute Gasteiger partial charge is 3.00 e. The van der Waals surface area contributed by atoms with Gasteiger partial charge in [-0.05, 0) is 59.3 Å². The van der Waals surface area contributed by atoms with Gasteiger partial charge in [0, 0.05) is 76.6 Å². The normalized spacial score (nSPS) is 9.15. The van der Waals surface area contributed by atoms with Gasteiger partial charge in [0.2, 0.25) is 0 Å². The average Bonchev–Trinajstić information content (AvgIpc) is 3.26. The number of nitro groups is 2. The van der Waals surface area contributed by atoms with Crippen LogP contribution in [0.1, 0.15) is 0 Å². The Bertz CT molecular complexity index is 2070. The summed E-state index contributed by atoms with van der Waals surface area (Å²) in [6.45, 7) is 4.78. The number of phenols is 2. The molecule has 0 unspecified atom stereocenters. The van der Waals surface area contributed by atoms with E-state index in [2.05, 4.69) is 0 Å². The molecule has 0 aliphatic carbocycles. The van der Waals surface area contributed by atoms with Crippen LogP contribution < -0.4 is 66.3 Å². The van der Waals surface area contributed by atoms with Crippen LogP contribution >= 0.6 is 0 Å². The molecule has 0 amide bonds. The summed E-state index contributed by atoms with van der Waals surface area (Å²) in [5.74, 6) is -8.67. The number of carboxylic acids is 4. The van der Waals surface area contributed by atoms with Crippen LogP contribution in [-0.2, 0) is 73.0 Å². The van der Waals surface area contributed by atoms with Crippen molar-refractivity contribution in [2.45, 2.75) is 9.79 Å². The van der Waals surface area contributed by atoms with Crippen molar-refractivity contribution in [3.8, 4) is 11.5 Å². The van der Waals surface area contributed by atoms with Crippen LogP contribution in [0.2, 0.25) is 0 Å². The number of nitro benzene ring substituents is 2. The Hall–Kier alpha value is -6.07. The van der Waals surface area contributed by atoms with Crippen LogP contribution in [0.3, 0.4) is 0 Å². The zero-order chi connectivity index (χ0) is 52.6. The number of hydrogen-bond donors (Lipinski definition) is 10. The molecule has 30 nitrogen and oxygen atoms in total. The monoisotopic (exact) mass is 1100 g/mol. The number of nitrogens with two attached hydrogens (primary N) is 8. The minimum Gasteiger partial charge on any atom is -0.744 e. The van der Waals surface area contributed by atoms with Gasteiger partial charge in [-0.3, -0.25) is 20.2 Å². The summed E-state index contributed by atoms with van der Waals surface area (Å²) >= 11 is 0. The van der Waals surface area contributed by atoms with Gasteiger partial charge in [0.1, 0.15) is 31.7 Å². The van der Waals surface area contributed by atoms with Crippen molar-refractivity contribution in [2.75, 3.05) is 52.4 Å². The first kappa shape index (κ1) is 76.2. The van der Waals surface area contributed by atoms with E-state index < -0.39 is 63.8 Å². The first-order chi connectivity index (χ1) is 30.5. The minimum absolute atomic E-state index is 0. The van der Waals surface area contributed by atoms with E-state index in [0.717, 1.165) is 24.3 Å². The fraction of sp³-hybridized carbons (Fsp3) is 0.235. The van der Waals surface area contributed by atoms with E-state index >= 15 is 0 Å². The van der Waals surface area contributed by atoms with Crippen molar-refractivity contribution < 1.29 is 119 Å². The van der Waals surface area contributed by atoms with E-state index in [1.165, 1.54) is 60.7 Å². The maximum absolute atomic E-state index is 10.8. The summed E-state index contributed by atoms with van der Waals surface area (Å²) in [6, 6.07) is 17.0. The van der Waals surface area contributed by atoms with Crippen molar-refractivity contribution in [3.63, 3.8) is 0 Å². The van der Waals surface area contributed by atoms with Crippen LogP contribution in [-0.4, -0.2) is 122 Å². The molecule has 0 aliphatic heterocycles. The van der Waals surface area contributed by atoms with Gasteiger partial charge in [0.25, 0.3) is 11.4 Å². The number of nitrogens with zero attached hydrogens (tertiary/aromatic N) is 2. The summed E-state index contributed by atoms with van der Waals surface area (Å²) in [4.78, 5) is 53.9. The van der Waals surface area contributed by atoms with Crippen molar-refractivity contribution in [1.82, 2.24) is 0 Å². The van der Waals surface area contributed by atoms with Gasteiger partial charge in [-0.2, -0.15) is 0 Å². The molecule has 0 atom stereocenters. The molecule has 0 heterocycles.